The lowest BCUT2D eigenvalue weighted by Gasteiger charge is -2.17. The molecule has 2 nitrogen and oxygen atoms in total. The zero-order chi connectivity index (χ0) is 15.0. The van der Waals surface area contributed by atoms with E-state index in [9.17, 15) is 13.2 Å². The first kappa shape index (κ1) is 14.2. The molecule has 0 spiro atoms. The maximum Gasteiger partial charge on any atom is 0.170 e. The standard InChI is InChI=1S/C16H17F3N2/c1-2-20-15-9-6-4-3-5-7-12(9)21-16-11(18)8-10(17)14(19)13(15)16/h8H,2-7H2,1H3,(H,20,21). The highest BCUT2D eigenvalue weighted by atomic mass is 19.2. The SMILES string of the molecule is CCNc1c2c(nc3c(F)cc(F)c(F)c13)CCCCC2. The molecule has 0 saturated heterocycles. The van der Waals surface area contributed by atoms with Crippen molar-refractivity contribution in [2.24, 2.45) is 0 Å². The summed E-state index contributed by atoms with van der Waals surface area (Å²) in [6.07, 6.45) is 4.55. The van der Waals surface area contributed by atoms with Crippen LogP contribution in [0.3, 0.4) is 0 Å². The van der Waals surface area contributed by atoms with Crippen LogP contribution < -0.4 is 5.32 Å². The molecule has 5 heteroatoms. The normalized spacial score (nSPS) is 14.9. The molecule has 1 N–H and O–H groups in total. The number of nitrogens with zero attached hydrogens (tertiary/aromatic N) is 1. The number of aryl methyl sites for hydroxylation is 1. The van der Waals surface area contributed by atoms with Gasteiger partial charge in [-0.25, -0.2) is 18.2 Å². The Hall–Kier alpha value is -1.78. The van der Waals surface area contributed by atoms with Crippen LogP contribution in [0, 0.1) is 17.5 Å². The van der Waals surface area contributed by atoms with Crippen molar-refractivity contribution in [3.63, 3.8) is 0 Å². The summed E-state index contributed by atoms with van der Waals surface area (Å²) in [5.41, 5.74) is 2.15. The summed E-state index contributed by atoms with van der Waals surface area (Å²) < 4.78 is 41.8. The lowest BCUT2D eigenvalue weighted by molar-refractivity contribution is 0.505. The topological polar surface area (TPSA) is 24.9 Å². The predicted octanol–water partition coefficient (Wildman–Crippen LogP) is 4.35. The zero-order valence-corrected chi connectivity index (χ0v) is 11.9. The van der Waals surface area contributed by atoms with E-state index in [2.05, 4.69) is 10.3 Å². The van der Waals surface area contributed by atoms with Crippen LogP contribution >= 0.6 is 0 Å². The number of fused-ring (bicyclic) bond motifs is 2. The maximum atomic E-state index is 14.2. The van der Waals surface area contributed by atoms with Gasteiger partial charge in [0.1, 0.15) is 5.52 Å². The lowest BCUT2D eigenvalue weighted by atomic mass is 10.0. The summed E-state index contributed by atoms with van der Waals surface area (Å²) in [7, 11) is 0. The molecule has 0 atom stereocenters. The number of aromatic nitrogens is 1. The van der Waals surface area contributed by atoms with Crippen LogP contribution in [0.25, 0.3) is 10.9 Å². The molecule has 1 heterocycles. The van der Waals surface area contributed by atoms with E-state index in [4.69, 9.17) is 0 Å². The molecule has 0 saturated carbocycles. The molecule has 1 aliphatic carbocycles. The second-order valence-electron chi connectivity index (χ2n) is 5.38. The summed E-state index contributed by atoms with van der Waals surface area (Å²) in [4.78, 5) is 4.30. The van der Waals surface area contributed by atoms with E-state index >= 15 is 0 Å². The van der Waals surface area contributed by atoms with Gasteiger partial charge in [-0.05, 0) is 38.2 Å². The van der Waals surface area contributed by atoms with E-state index in [-0.39, 0.29) is 10.9 Å². The number of benzene rings is 1. The fraction of sp³-hybridized carbons (Fsp3) is 0.438. The third-order valence-electron chi connectivity index (χ3n) is 3.99. The molecule has 0 fully saturated rings. The molecule has 0 aliphatic heterocycles. The predicted molar refractivity (Wildman–Crippen MR) is 77.0 cm³/mol. The number of pyridine rings is 1. The number of halogens is 3. The molecule has 21 heavy (non-hydrogen) atoms. The van der Waals surface area contributed by atoms with Crippen molar-refractivity contribution in [1.82, 2.24) is 4.98 Å². The number of nitrogens with one attached hydrogen (secondary N) is 1. The van der Waals surface area contributed by atoms with E-state index in [1.165, 1.54) is 0 Å². The van der Waals surface area contributed by atoms with Crippen LogP contribution in [0.15, 0.2) is 6.07 Å². The van der Waals surface area contributed by atoms with E-state index in [1.54, 1.807) is 0 Å². The Kier molecular flexibility index (Phi) is 3.74. The fourth-order valence-electron chi connectivity index (χ4n) is 3.04. The van der Waals surface area contributed by atoms with Crippen molar-refractivity contribution in [3.05, 3.63) is 34.8 Å². The lowest BCUT2D eigenvalue weighted by Crippen LogP contribution is -2.09. The summed E-state index contributed by atoms with van der Waals surface area (Å²) in [6, 6.07) is 0.573. The Balaban J connectivity index is 2.40. The second-order valence-corrected chi connectivity index (χ2v) is 5.38. The van der Waals surface area contributed by atoms with Gasteiger partial charge in [-0.3, -0.25) is 0 Å². The van der Waals surface area contributed by atoms with Crippen molar-refractivity contribution in [2.75, 3.05) is 11.9 Å². The van der Waals surface area contributed by atoms with Crippen LogP contribution in [0.5, 0.6) is 0 Å². The van der Waals surface area contributed by atoms with Crippen LogP contribution in [0.2, 0.25) is 0 Å². The number of anilines is 1. The van der Waals surface area contributed by atoms with Crippen molar-refractivity contribution in [1.29, 1.82) is 0 Å². The van der Waals surface area contributed by atoms with Gasteiger partial charge in [-0.15, -0.1) is 0 Å². The van der Waals surface area contributed by atoms with Gasteiger partial charge in [0.15, 0.2) is 17.5 Å². The van der Waals surface area contributed by atoms with Gasteiger partial charge in [0, 0.05) is 18.3 Å². The molecule has 0 amide bonds. The first-order valence-electron chi connectivity index (χ1n) is 7.36. The van der Waals surface area contributed by atoms with Gasteiger partial charge >= 0.3 is 0 Å². The largest absolute Gasteiger partial charge is 0.384 e. The molecule has 0 unspecified atom stereocenters. The van der Waals surface area contributed by atoms with Crippen molar-refractivity contribution in [2.45, 2.75) is 39.0 Å². The molecule has 0 bridgehead atoms. The molecule has 3 rings (SSSR count). The molecule has 112 valence electrons. The van der Waals surface area contributed by atoms with Gasteiger partial charge in [-0.2, -0.15) is 0 Å². The fourth-order valence-corrected chi connectivity index (χ4v) is 3.04. The maximum absolute atomic E-state index is 14.2. The summed E-state index contributed by atoms with van der Waals surface area (Å²) >= 11 is 0. The number of hydrogen-bond acceptors (Lipinski definition) is 2. The molecular weight excluding hydrogens is 277 g/mol. The highest BCUT2D eigenvalue weighted by Gasteiger charge is 2.23. The molecule has 0 radical (unpaired) electrons. The molecule has 1 aromatic heterocycles. The third kappa shape index (κ3) is 2.34. The Morgan fingerprint density at radius 1 is 1.10 bits per heavy atom. The van der Waals surface area contributed by atoms with Gasteiger partial charge in [-0.1, -0.05) is 6.42 Å². The Labute approximate surface area is 121 Å². The monoisotopic (exact) mass is 294 g/mol. The number of rotatable bonds is 2. The quantitative estimate of drug-likeness (QED) is 0.658. The molecule has 1 aromatic carbocycles. The Morgan fingerprint density at radius 2 is 1.86 bits per heavy atom. The second kappa shape index (κ2) is 5.54. The molecular formula is C16H17F3N2. The average molecular weight is 294 g/mol. The smallest absolute Gasteiger partial charge is 0.170 e. The average Bonchev–Trinajstić information content (AvgIpc) is 2.70. The van der Waals surface area contributed by atoms with Gasteiger partial charge < -0.3 is 5.32 Å². The van der Waals surface area contributed by atoms with Crippen molar-refractivity contribution < 1.29 is 13.2 Å². The van der Waals surface area contributed by atoms with Crippen LogP contribution in [0.1, 0.15) is 37.4 Å². The minimum atomic E-state index is -1.17. The van der Waals surface area contributed by atoms with Gasteiger partial charge in [0.25, 0.3) is 0 Å². The van der Waals surface area contributed by atoms with Crippen LogP contribution in [0.4, 0.5) is 18.9 Å². The highest BCUT2D eigenvalue weighted by molar-refractivity contribution is 5.94. The molecule has 1 aliphatic rings. The highest BCUT2D eigenvalue weighted by Crippen LogP contribution is 2.36. The first-order chi connectivity index (χ1) is 10.1. The van der Waals surface area contributed by atoms with Crippen LogP contribution in [-0.2, 0) is 12.8 Å². The summed E-state index contributed by atoms with van der Waals surface area (Å²) in [5, 5.41) is 3.03. The van der Waals surface area contributed by atoms with E-state index < -0.39 is 17.5 Å². The van der Waals surface area contributed by atoms with Crippen LogP contribution in [-0.4, -0.2) is 11.5 Å². The minimum absolute atomic E-state index is 0.0602. The Morgan fingerprint density at radius 3 is 2.62 bits per heavy atom. The molecule has 2 aromatic rings. The van der Waals surface area contributed by atoms with Crippen molar-refractivity contribution >= 4 is 16.6 Å². The Bertz CT molecular complexity index is 698. The zero-order valence-electron chi connectivity index (χ0n) is 11.9. The summed E-state index contributed by atoms with van der Waals surface area (Å²) in [6.45, 7) is 2.44. The minimum Gasteiger partial charge on any atom is -0.384 e. The van der Waals surface area contributed by atoms with E-state index in [1.807, 2.05) is 6.92 Å². The van der Waals surface area contributed by atoms with Gasteiger partial charge in [0.05, 0.1) is 11.1 Å². The van der Waals surface area contributed by atoms with Gasteiger partial charge in [0.2, 0.25) is 0 Å². The number of hydrogen-bond donors (Lipinski definition) is 1. The van der Waals surface area contributed by atoms with E-state index in [0.717, 1.165) is 43.4 Å². The van der Waals surface area contributed by atoms with E-state index in [0.29, 0.717) is 18.3 Å². The first-order valence-corrected chi connectivity index (χ1v) is 7.36. The summed E-state index contributed by atoms with van der Waals surface area (Å²) in [5.74, 6) is -3.01. The third-order valence-corrected chi connectivity index (χ3v) is 3.99. The van der Waals surface area contributed by atoms with Crippen molar-refractivity contribution in [3.8, 4) is 0 Å².